The first-order valence-electron chi connectivity index (χ1n) is 7.98. The summed E-state index contributed by atoms with van der Waals surface area (Å²) in [7, 11) is 0. The Morgan fingerprint density at radius 2 is 1.96 bits per heavy atom. The molecule has 0 saturated carbocycles. The standard InChI is InChI=1S/C19H20FNOS/c20-15-8-10-16(11-9-15)23-13-12-19(22)21-18-7-3-5-14-4-1-2-6-17(14)18/h1-2,4,6,8-11,18H,3,5,7,12-13H2,(H,21,22). The molecule has 1 unspecified atom stereocenters. The Bertz CT molecular complexity index is 671. The maximum atomic E-state index is 12.8. The lowest BCUT2D eigenvalue weighted by molar-refractivity contribution is -0.121. The van der Waals surface area contributed by atoms with Crippen molar-refractivity contribution in [3.8, 4) is 0 Å². The molecule has 0 fully saturated rings. The summed E-state index contributed by atoms with van der Waals surface area (Å²) in [5.41, 5.74) is 2.61. The molecule has 2 nitrogen and oxygen atoms in total. The lowest BCUT2D eigenvalue weighted by atomic mass is 9.88. The van der Waals surface area contributed by atoms with Gasteiger partial charge in [0.1, 0.15) is 5.82 Å². The zero-order valence-corrected chi connectivity index (χ0v) is 13.7. The van der Waals surface area contributed by atoms with Crippen LogP contribution in [0, 0.1) is 5.82 Å². The molecule has 4 heteroatoms. The first-order chi connectivity index (χ1) is 11.2. The van der Waals surface area contributed by atoms with Crippen LogP contribution < -0.4 is 5.32 Å². The normalized spacial score (nSPS) is 16.7. The van der Waals surface area contributed by atoms with Gasteiger partial charge < -0.3 is 5.32 Å². The molecule has 120 valence electrons. The summed E-state index contributed by atoms with van der Waals surface area (Å²) in [6.07, 6.45) is 3.70. The summed E-state index contributed by atoms with van der Waals surface area (Å²) in [4.78, 5) is 13.2. The monoisotopic (exact) mass is 329 g/mol. The van der Waals surface area contributed by atoms with E-state index in [4.69, 9.17) is 0 Å². The van der Waals surface area contributed by atoms with Crippen LogP contribution in [-0.4, -0.2) is 11.7 Å². The summed E-state index contributed by atoms with van der Waals surface area (Å²) in [6.45, 7) is 0. The fourth-order valence-electron chi connectivity index (χ4n) is 2.96. The Hall–Kier alpha value is -1.81. The number of fused-ring (bicyclic) bond motifs is 1. The van der Waals surface area contributed by atoms with Crippen LogP contribution in [0.3, 0.4) is 0 Å². The zero-order valence-electron chi connectivity index (χ0n) is 12.9. The molecule has 3 rings (SSSR count). The maximum Gasteiger partial charge on any atom is 0.221 e. The van der Waals surface area contributed by atoms with E-state index in [0.29, 0.717) is 12.2 Å². The molecular weight excluding hydrogens is 309 g/mol. The quantitative estimate of drug-likeness (QED) is 0.818. The average molecular weight is 329 g/mol. The number of benzene rings is 2. The maximum absolute atomic E-state index is 12.8. The predicted octanol–water partition coefficient (Wildman–Crippen LogP) is 4.50. The van der Waals surface area contributed by atoms with E-state index in [0.717, 1.165) is 24.2 Å². The van der Waals surface area contributed by atoms with E-state index in [-0.39, 0.29) is 17.8 Å². The van der Waals surface area contributed by atoms with Crippen molar-refractivity contribution in [2.45, 2.75) is 36.6 Å². The third-order valence-electron chi connectivity index (χ3n) is 4.12. The minimum absolute atomic E-state index is 0.0846. The van der Waals surface area contributed by atoms with Gasteiger partial charge in [-0.25, -0.2) is 4.39 Å². The van der Waals surface area contributed by atoms with Gasteiger partial charge in [0.25, 0.3) is 0 Å². The molecule has 0 heterocycles. The first kappa shape index (κ1) is 16.1. The Balaban J connectivity index is 1.49. The van der Waals surface area contributed by atoms with Gasteiger partial charge in [0.15, 0.2) is 0 Å². The molecule has 0 bridgehead atoms. The molecule has 2 aromatic rings. The van der Waals surface area contributed by atoms with E-state index in [1.165, 1.54) is 23.3 Å². The van der Waals surface area contributed by atoms with Crippen molar-refractivity contribution < 1.29 is 9.18 Å². The van der Waals surface area contributed by atoms with Crippen LogP contribution in [0.15, 0.2) is 53.4 Å². The molecule has 1 atom stereocenters. The molecule has 0 aromatic heterocycles. The second-order valence-corrected chi connectivity index (χ2v) is 6.93. The molecule has 23 heavy (non-hydrogen) atoms. The van der Waals surface area contributed by atoms with Crippen molar-refractivity contribution in [3.05, 3.63) is 65.5 Å². The molecule has 1 N–H and O–H groups in total. The van der Waals surface area contributed by atoms with Gasteiger partial charge in [0.05, 0.1) is 6.04 Å². The van der Waals surface area contributed by atoms with Gasteiger partial charge in [-0.15, -0.1) is 11.8 Å². The minimum Gasteiger partial charge on any atom is -0.349 e. The minimum atomic E-state index is -0.233. The van der Waals surface area contributed by atoms with E-state index < -0.39 is 0 Å². The Labute approximate surface area is 140 Å². The number of carbonyl (C=O) groups excluding carboxylic acids is 1. The van der Waals surface area contributed by atoms with Crippen molar-refractivity contribution in [1.82, 2.24) is 5.32 Å². The fourth-order valence-corrected chi connectivity index (χ4v) is 3.81. The Morgan fingerprint density at radius 3 is 2.78 bits per heavy atom. The smallest absolute Gasteiger partial charge is 0.221 e. The van der Waals surface area contributed by atoms with Crippen LogP contribution in [0.2, 0.25) is 0 Å². The van der Waals surface area contributed by atoms with Gasteiger partial charge in [-0.1, -0.05) is 24.3 Å². The van der Waals surface area contributed by atoms with Gasteiger partial charge >= 0.3 is 0 Å². The SMILES string of the molecule is O=C(CCSc1ccc(F)cc1)NC1CCCc2ccccc21. The zero-order chi connectivity index (χ0) is 16.1. The van der Waals surface area contributed by atoms with Crippen LogP contribution in [0.4, 0.5) is 4.39 Å². The number of hydrogen-bond acceptors (Lipinski definition) is 2. The second kappa shape index (κ2) is 7.64. The molecule has 0 radical (unpaired) electrons. The molecule has 0 aliphatic heterocycles. The Morgan fingerprint density at radius 1 is 1.17 bits per heavy atom. The van der Waals surface area contributed by atoms with Gasteiger partial charge in [-0.05, 0) is 54.7 Å². The van der Waals surface area contributed by atoms with Crippen LogP contribution in [0.25, 0.3) is 0 Å². The molecule has 1 aliphatic rings. The molecule has 0 saturated heterocycles. The van der Waals surface area contributed by atoms with E-state index in [9.17, 15) is 9.18 Å². The Kier molecular flexibility index (Phi) is 5.34. The summed E-state index contributed by atoms with van der Waals surface area (Å²) < 4.78 is 12.8. The lowest BCUT2D eigenvalue weighted by Gasteiger charge is -2.26. The number of hydrogen-bond donors (Lipinski definition) is 1. The third-order valence-corrected chi connectivity index (χ3v) is 5.13. The highest BCUT2D eigenvalue weighted by atomic mass is 32.2. The molecule has 1 aliphatic carbocycles. The van der Waals surface area contributed by atoms with Crippen LogP contribution >= 0.6 is 11.8 Å². The summed E-state index contributed by atoms with van der Waals surface area (Å²) in [5, 5.41) is 3.16. The topological polar surface area (TPSA) is 29.1 Å². The van der Waals surface area contributed by atoms with Gasteiger partial charge in [-0.3, -0.25) is 4.79 Å². The van der Waals surface area contributed by atoms with E-state index in [2.05, 4.69) is 23.5 Å². The molecule has 0 spiro atoms. The number of nitrogens with one attached hydrogen (secondary N) is 1. The van der Waals surface area contributed by atoms with Crippen molar-refractivity contribution in [2.24, 2.45) is 0 Å². The summed E-state index contributed by atoms with van der Waals surface area (Å²) >= 11 is 1.58. The highest BCUT2D eigenvalue weighted by molar-refractivity contribution is 7.99. The van der Waals surface area contributed by atoms with E-state index in [1.54, 1.807) is 23.9 Å². The number of carbonyl (C=O) groups is 1. The number of amides is 1. The van der Waals surface area contributed by atoms with Crippen molar-refractivity contribution >= 4 is 17.7 Å². The number of thioether (sulfide) groups is 1. The number of rotatable bonds is 5. The van der Waals surface area contributed by atoms with Crippen molar-refractivity contribution in [3.63, 3.8) is 0 Å². The van der Waals surface area contributed by atoms with Gasteiger partial charge in [0.2, 0.25) is 5.91 Å². The third kappa shape index (κ3) is 4.35. The molecular formula is C19H20FNOS. The van der Waals surface area contributed by atoms with E-state index in [1.807, 2.05) is 6.07 Å². The first-order valence-corrected chi connectivity index (χ1v) is 8.96. The summed E-state index contributed by atoms with van der Waals surface area (Å²) in [6, 6.07) is 14.9. The predicted molar refractivity (Wildman–Crippen MR) is 92.0 cm³/mol. The van der Waals surface area contributed by atoms with Crippen molar-refractivity contribution in [2.75, 3.05) is 5.75 Å². The average Bonchev–Trinajstić information content (AvgIpc) is 2.57. The van der Waals surface area contributed by atoms with Crippen LogP contribution in [0.1, 0.15) is 36.4 Å². The summed E-state index contributed by atoms with van der Waals surface area (Å²) in [5.74, 6) is 0.552. The highest BCUT2D eigenvalue weighted by Gasteiger charge is 2.20. The van der Waals surface area contributed by atoms with Crippen LogP contribution in [-0.2, 0) is 11.2 Å². The fraction of sp³-hybridized carbons (Fsp3) is 0.316. The van der Waals surface area contributed by atoms with Crippen molar-refractivity contribution in [1.29, 1.82) is 0 Å². The number of halogens is 1. The van der Waals surface area contributed by atoms with E-state index >= 15 is 0 Å². The largest absolute Gasteiger partial charge is 0.349 e. The number of aryl methyl sites for hydroxylation is 1. The molecule has 2 aromatic carbocycles. The van der Waals surface area contributed by atoms with Gasteiger partial charge in [0, 0.05) is 17.1 Å². The molecule has 1 amide bonds. The second-order valence-electron chi connectivity index (χ2n) is 5.76. The van der Waals surface area contributed by atoms with Crippen LogP contribution in [0.5, 0.6) is 0 Å². The van der Waals surface area contributed by atoms with Gasteiger partial charge in [-0.2, -0.15) is 0 Å². The highest BCUT2D eigenvalue weighted by Crippen LogP contribution is 2.29. The lowest BCUT2D eigenvalue weighted by Crippen LogP contribution is -2.31.